The lowest BCUT2D eigenvalue weighted by molar-refractivity contribution is 0.722. The van der Waals surface area contributed by atoms with Crippen molar-refractivity contribution in [1.29, 1.82) is 0 Å². The fourth-order valence-corrected chi connectivity index (χ4v) is 0.556. The molecule has 3 heteroatoms. The van der Waals surface area contributed by atoms with Gasteiger partial charge in [-0.1, -0.05) is 11.2 Å². The fourth-order valence-electron chi connectivity index (χ4n) is 0.117. The highest BCUT2D eigenvalue weighted by Crippen LogP contribution is 2.07. The Morgan fingerprint density at radius 2 is 2.00 bits per heavy atom. The standard InChI is InChI=1S/C5H13NS2/c1-5(2,4-6)8(3)7/h4,6H2,1-3H3. The Bertz CT molecular complexity index is 98.6. The van der Waals surface area contributed by atoms with Crippen LogP contribution in [0.25, 0.3) is 0 Å². The van der Waals surface area contributed by atoms with Crippen molar-refractivity contribution in [1.82, 2.24) is 0 Å². The summed E-state index contributed by atoms with van der Waals surface area (Å²) >= 11 is 5.06. The number of rotatable bonds is 2. The molecule has 8 heavy (non-hydrogen) atoms. The quantitative estimate of drug-likeness (QED) is 0.619. The largest absolute Gasteiger partial charge is 0.329 e. The van der Waals surface area contributed by atoms with Crippen LogP contribution >= 0.6 is 0 Å². The van der Waals surface area contributed by atoms with E-state index in [0.717, 1.165) is 0 Å². The van der Waals surface area contributed by atoms with E-state index in [2.05, 4.69) is 13.8 Å². The summed E-state index contributed by atoms with van der Waals surface area (Å²) in [7, 11) is 0.0324. The van der Waals surface area contributed by atoms with Crippen LogP contribution in [0, 0.1) is 0 Å². The van der Waals surface area contributed by atoms with E-state index in [1.54, 1.807) is 0 Å². The van der Waals surface area contributed by atoms with Gasteiger partial charge in [0.15, 0.2) is 0 Å². The summed E-state index contributed by atoms with van der Waals surface area (Å²) in [6, 6.07) is 0. The molecule has 0 aliphatic heterocycles. The van der Waals surface area contributed by atoms with E-state index < -0.39 is 0 Å². The summed E-state index contributed by atoms with van der Waals surface area (Å²) in [5.74, 6) is 0. The summed E-state index contributed by atoms with van der Waals surface area (Å²) in [5.41, 5.74) is 5.45. The Morgan fingerprint density at radius 1 is 1.62 bits per heavy atom. The van der Waals surface area contributed by atoms with Gasteiger partial charge >= 0.3 is 0 Å². The second-order valence-corrected chi connectivity index (χ2v) is 5.93. The zero-order chi connectivity index (χ0) is 6.78. The summed E-state index contributed by atoms with van der Waals surface area (Å²) in [6.45, 7) is 4.89. The fraction of sp³-hybridized carbons (Fsp3) is 1.00. The van der Waals surface area contributed by atoms with E-state index in [0.29, 0.717) is 6.54 Å². The molecule has 0 saturated carbocycles. The van der Waals surface area contributed by atoms with Crippen LogP contribution in [0.5, 0.6) is 0 Å². The average Bonchev–Trinajstić information content (AvgIpc) is 1.67. The number of hydrogen-bond donors (Lipinski definition) is 1. The van der Waals surface area contributed by atoms with Crippen LogP contribution in [-0.4, -0.2) is 17.5 Å². The molecule has 0 fully saturated rings. The van der Waals surface area contributed by atoms with Crippen molar-refractivity contribution < 1.29 is 0 Å². The molecule has 0 bridgehead atoms. The van der Waals surface area contributed by atoms with E-state index in [1.165, 1.54) is 0 Å². The highest BCUT2D eigenvalue weighted by atomic mass is 32.8. The van der Waals surface area contributed by atoms with Gasteiger partial charge < -0.3 is 5.73 Å². The van der Waals surface area contributed by atoms with Gasteiger partial charge in [-0.15, -0.1) is 9.45 Å². The van der Waals surface area contributed by atoms with Crippen LogP contribution in [0.1, 0.15) is 13.8 Å². The van der Waals surface area contributed by atoms with Gasteiger partial charge in [0.2, 0.25) is 0 Å². The molecule has 1 atom stereocenters. The molecule has 0 aliphatic rings. The molecule has 0 aromatic rings. The third-order valence-corrected chi connectivity index (χ3v) is 4.35. The lowest BCUT2D eigenvalue weighted by Crippen LogP contribution is -2.34. The van der Waals surface area contributed by atoms with Gasteiger partial charge in [-0.2, -0.15) is 0 Å². The van der Waals surface area contributed by atoms with E-state index in [-0.39, 0.29) is 14.2 Å². The highest BCUT2D eigenvalue weighted by molar-refractivity contribution is 8.29. The summed E-state index contributed by atoms with van der Waals surface area (Å²) in [6.07, 6.45) is 2.04. The second kappa shape index (κ2) is 2.90. The minimum Gasteiger partial charge on any atom is -0.329 e. The van der Waals surface area contributed by atoms with Crippen LogP contribution in [0.4, 0.5) is 0 Å². The van der Waals surface area contributed by atoms with Crippen LogP contribution in [0.2, 0.25) is 0 Å². The first-order valence-corrected chi connectivity index (χ1v) is 5.10. The first-order valence-electron chi connectivity index (χ1n) is 2.54. The van der Waals surface area contributed by atoms with Gasteiger partial charge in [-0.05, 0) is 20.1 Å². The maximum absolute atomic E-state index is 5.45. The summed E-state index contributed by atoms with van der Waals surface area (Å²) < 4.78 is 0.162. The maximum atomic E-state index is 5.45. The zero-order valence-corrected chi connectivity index (χ0v) is 7.23. The molecule has 0 rings (SSSR count). The summed E-state index contributed by atoms with van der Waals surface area (Å²) in [5, 5.41) is 0. The molecule has 0 aromatic heterocycles. The van der Waals surface area contributed by atoms with Crippen molar-refractivity contribution in [3.8, 4) is 0 Å². The topological polar surface area (TPSA) is 26.0 Å². The zero-order valence-electron chi connectivity index (χ0n) is 5.60. The molecular formula is C5H13NS2. The molecule has 0 heterocycles. The SMILES string of the molecule is CS(=S)C(C)(C)CN. The summed E-state index contributed by atoms with van der Waals surface area (Å²) in [4.78, 5) is 0. The average molecular weight is 151 g/mol. The molecule has 1 nitrogen and oxygen atoms in total. The van der Waals surface area contributed by atoms with Crippen molar-refractivity contribution in [3.05, 3.63) is 0 Å². The van der Waals surface area contributed by atoms with Gasteiger partial charge in [0.1, 0.15) is 0 Å². The molecule has 2 N–H and O–H groups in total. The van der Waals surface area contributed by atoms with Gasteiger partial charge in [-0.25, -0.2) is 0 Å². The molecule has 0 spiro atoms. The van der Waals surface area contributed by atoms with Crippen molar-refractivity contribution in [2.45, 2.75) is 18.6 Å². The monoisotopic (exact) mass is 151 g/mol. The third-order valence-electron chi connectivity index (χ3n) is 1.27. The van der Waals surface area contributed by atoms with E-state index in [9.17, 15) is 0 Å². The maximum Gasteiger partial charge on any atom is 0.0269 e. The predicted molar refractivity (Wildman–Crippen MR) is 43.8 cm³/mol. The van der Waals surface area contributed by atoms with Crippen LogP contribution in [0.15, 0.2) is 0 Å². The van der Waals surface area contributed by atoms with Crippen molar-refractivity contribution in [3.63, 3.8) is 0 Å². The molecule has 0 saturated heterocycles. The Labute approximate surface area is 58.2 Å². The number of hydrogen-bond acceptors (Lipinski definition) is 2. The van der Waals surface area contributed by atoms with Crippen LogP contribution < -0.4 is 5.73 Å². The Kier molecular flexibility index (Phi) is 3.09. The van der Waals surface area contributed by atoms with Gasteiger partial charge in [0.05, 0.1) is 0 Å². The minimum absolute atomic E-state index is 0.0324. The van der Waals surface area contributed by atoms with E-state index >= 15 is 0 Å². The predicted octanol–water partition coefficient (Wildman–Crippen LogP) is 0.434. The highest BCUT2D eigenvalue weighted by Gasteiger charge is 2.15. The molecule has 0 aromatic carbocycles. The Hall–Kier alpha value is 0.530. The van der Waals surface area contributed by atoms with Gasteiger partial charge in [0, 0.05) is 11.3 Å². The Morgan fingerprint density at radius 3 is 2.00 bits per heavy atom. The van der Waals surface area contributed by atoms with Crippen molar-refractivity contribution in [2.75, 3.05) is 12.8 Å². The van der Waals surface area contributed by atoms with E-state index in [1.807, 2.05) is 6.26 Å². The Balaban J connectivity index is 3.91. The molecule has 0 radical (unpaired) electrons. The van der Waals surface area contributed by atoms with E-state index in [4.69, 9.17) is 16.9 Å². The molecule has 1 unspecified atom stereocenters. The number of nitrogens with two attached hydrogens (primary N) is 1. The molecule has 0 amide bonds. The minimum atomic E-state index is 0.0324. The molecular weight excluding hydrogens is 138 g/mol. The lowest BCUT2D eigenvalue weighted by atomic mass is 10.2. The van der Waals surface area contributed by atoms with Crippen molar-refractivity contribution in [2.24, 2.45) is 5.73 Å². The first-order chi connectivity index (χ1) is 3.50. The van der Waals surface area contributed by atoms with Gasteiger partial charge in [-0.3, -0.25) is 0 Å². The van der Waals surface area contributed by atoms with Crippen LogP contribution in [0.3, 0.4) is 0 Å². The van der Waals surface area contributed by atoms with Crippen LogP contribution in [-0.2, 0) is 20.6 Å². The molecule has 0 aliphatic carbocycles. The smallest absolute Gasteiger partial charge is 0.0269 e. The second-order valence-electron chi connectivity index (χ2n) is 2.42. The van der Waals surface area contributed by atoms with Crippen molar-refractivity contribution >= 4 is 20.6 Å². The first kappa shape index (κ1) is 8.53. The lowest BCUT2D eigenvalue weighted by Gasteiger charge is -2.21. The normalized spacial score (nSPS) is 16.0. The van der Waals surface area contributed by atoms with Gasteiger partial charge in [0.25, 0.3) is 0 Å². The molecule has 50 valence electrons. The third kappa shape index (κ3) is 2.20.